The SMILES string of the molecule is Cn1cc(-c2oncc2N)c2cccc(Cl)c21. The molecule has 0 fully saturated rings. The van der Waals surface area contributed by atoms with Crippen molar-refractivity contribution in [1.29, 1.82) is 0 Å². The molecule has 3 aromatic rings. The van der Waals surface area contributed by atoms with E-state index < -0.39 is 0 Å². The molecule has 0 aliphatic heterocycles. The Morgan fingerprint density at radius 1 is 1.41 bits per heavy atom. The van der Waals surface area contributed by atoms with Crippen molar-refractivity contribution in [3.63, 3.8) is 0 Å². The average Bonchev–Trinajstić information content (AvgIpc) is 2.84. The van der Waals surface area contributed by atoms with Crippen molar-refractivity contribution in [1.82, 2.24) is 9.72 Å². The lowest BCUT2D eigenvalue weighted by atomic mass is 10.1. The summed E-state index contributed by atoms with van der Waals surface area (Å²) in [6, 6.07) is 5.75. The van der Waals surface area contributed by atoms with Crippen LogP contribution in [0.4, 0.5) is 5.69 Å². The van der Waals surface area contributed by atoms with E-state index in [1.165, 1.54) is 6.20 Å². The number of nitrogens with two attached hydrogens (primary N) is 1. The quantitative estimate of drug-likeness (QED) is 0.719. The van der Waals surface area contributed by atoms with Crippen LogP contribution in [0.1, 0.15) is 0 Å². The van der Waals surface area contributed by atoms with Gasteiger partial charge in [0.25, 0.3) is 0 Å². The van der Waals surface area contributed by atoms with Gasteiger partial charge in [0.2, 0.25) is 0 Å². The van der Waals surface area contributed by atoms with Crippen LogP contribution in [0.15, 0.2) is 35.1 Å². The highest BCUT2D eigenvalue weighted by molar-refractivity contribution is 6.35. The number of hydrogen-bond acceptors (Lipinski definition) is 3. The Bertz CT molecular complexity index is 699. The van der Waals surface area contributed by atoms with Gasteiger partial charge in [-0.25, -0.2) is 0 Å². The summed E-state index contributed by atoms with van der Waals surface area (Å²) in [6.45, 7) is 0. The maximum atomic E-state index is 6.18. The van der Waals surface area contributed by atoms with Crippen molar-refractivity contribution in [2.24, 2.45) is 7.05 Å². The Morgan fingerprint density at radius 2 is 2.24 bits per heavy atom. The molecular weight excluding hydrogens is 238 g/mol. The number of fused-ring (bicyclic) bond motifs is 1. The van der Waals surface area contributed by atoms with E-state index in [0.717, 1.165) is 16.5 Å². The largest absolute Gasteiger partial charge is 0.394 e. The monoisotopic (exact) mass is 247 g/mol. The number of anilines is 1. The molecule has 2 N–H and O–H groups in total. The van der Waals surface area contributed by atoms with Gasteiger partial charge in [0.05, 0.1) is 16.7 Å². The standard InChI is InChI=1S/C12H10ClN3O/c1-16-6-8(12-10(14)5-15-17-12)7-3-2-4-9(13)11(7)16/h2-6H,14H2,1H3. The highest BCUT2D eigenvalue weighted by atomic mass is 35.5. The van der Waals surface area contributed by atoms with Crippen LogP contribution in [0.2, 0.25) is 5.02 Å². The van der Waals surface area contributed by atoms with Crippen LogP contribution in [-0.2, 0) is 7.05 Å². The van der Waals surface area contributed by atoms with E-state index in [1.54, 1.807) is 0 Å². The minimum Gasteiger partial charge on any atom is -0.394 e. The Balaban J connectivity index is 2.40. The molecule has 2 aromatic heterocycles. The first kappa shape index (κ1) is 10.2. The molecule has 2 heterocycles. The zero-order valence-corrected chi connectivity index (χ0v) is 9.90. The maximum absolute atomic E-state index is 6.18. The van der Waals surface area contributed by atoms with Gasteiger partial charge in [-0.3, -0.25) is 0 Å². The van der Waals surface area contributed by atoms with Crippen molar-refractivity contribution in [2.75, 3.05) is 5.73 Å². The number of hydrogen-bond donors (Lipinski definition) is 1. The molecule has 4 nitrogen and oxygen atoms in total. The van der Waals surface area contributed by atoms with Crippen LogP contribution < -0.4 is 5.73 Å². The van der Waals surface area contributed by atoms with Gasteiger partial charge < -0.3 is 14.8 Å². The Kier molecular flexibility index (Phi) is 2.12. The van der Waals surface area contributed by atoms with Crippen molar-refractivity contribution in [3.8, 4) is 11.3 Å². The molecule has 0 radical (unpaired) electrons. The van der Waals surface area contributed by atoms with E-state index in [1.807, 2.05) is 36.0 Å². The van der Waals surface area contributed by atoms with Crippen LogP contribution in [0, 0.1) is 0 Å². The second kappa shape index (κ2) is 3.53. The number of para-hydroxylation sites is 1. The Morgan fingerprint density at radius 3 is 2.94 bits per heavy atom. The van der Waals surface area contributed by atoms with E-state index in [4.69, 9.17) is 21.9 Å². The fraction of sp³-hybridized carbons (Fsp3) is 0.0833. The van der Waals surface area contributed by atoms with Gasteiger partial charge in [-0.05, 0) is 6.07 Å². The molecule has 0 aliphatic rings. The summed E-state index contributed by atoms with van der Waals surface area (Å²) in [5.74, 6) is 0.581. The molecule has 0 spiro atoms. The molecule has 0 amide bonds. The topological polar surface area (TPSA) is 57.0 Å². The van der Waals surface area contributed by atoms with Gasteiger partial charge in [0, 0.05) is 24.2 Å². The second-order valence-corrected chi connectivity index (χ2v) is 4.31. The molecule has 0 atom stereocenters. The minimum absolute atomic E-state index is 0.525. The van der Waals surface area contributed by atoms with Crippen LogP contribution in [-0.4, -0.2) is 9.72 Å². The predicted octanol–water partition coefficient (Wildman–Crippen LogP) is 3.07. The lowest BCUT2D eigenvalue weighted by molar-refractivity contribution is 0.433. The first-order chi connectivity index (χ1) is 8.18. The van der Waals surface area contributed by atoms with Gasteiger partial charge in [-0.15, -0.1) is 0 Å². The van der Waals surface area contributed by atoms with E-state index in [9.17, 15) is 0 Å². The van der Waals surface area contributed by atoms with Gasteiger partial charge in [0.1, 0.15) is 5.69 Å². The predicted molar refractivity (Wildman–Crippen MR) is 67.8 cm³/mol. The third-order valence-corrected chi connectivity index (χ3v) is 3.10. The molecule has 17 heavy (non-hydrogen) atoms. The Labute approximate surface area is 103 Å². The first-order valence-corrected chi connectivity index (χ1v) is 5.50. The summed E-state index contributed by atoms with van der Waals surface area (Å²) in [4.78, 5) is 0. The lowest BCUT2D eigenvalue weighted by Crippen LogP contribution is -1.84. The summed E-state index contributed by atoms with van der Waals surface area (Å²) in [7, 11) is 1.93. The van der Waals surface area contributed by atoms with Crippen molar-refractivity contribution < 1.29 is 4.52 Å². The maximum Gasteiger partial charge on any atom is 0.191 e. The minimum atomic E-state index is 0.525. The average molecular weight is 248 g/mol. The number of nitrogens with zero attached hydrogens (tertiary/aromatic N) is 2. The number of rotatable bonds is 1. The zero-order valence-electron chi connectivity index (χ0n) is 9.14. The first-order valence-electron chi connectivity index (χ1n) is 5.12. The molecule has 86 valence electrons. The van der Waals surface area contributed by atoms with E-state index in [2.05, 4.69) is 5.16 Å². The normalized spacial score (nSPS) is 11.2. The highest BCUT2D eigenvalue weighted by Gasteiger charge is 2.16. The number of nitrogen functional groups attached to an aromatic ring is 1. The number of aryl methyl sites for hydroxylation is 1. The van der Waals surface area contributed by atoms with E-state index >= 15 is 0 Å². The third-order valence-electron chi connectivity index (χ3n) is 2.80. The third kappa shape index (κ3) is 1.41. The van der Waals surface area contributed by atoms with E-state index in [0.29, 0.717) is 16.5 Å². The van der Waals surface area contributed by atoms with Gasteiger partial charge in [0.15, 0.2) is 5.76 Å². The zero-order chi connectivity index (χ0) is 12.0. The van der Waals surface area contributed by atoms with Gasteiger partial charge in [-0.2, -0.15) is 0 Å². The molecule has 5 heteroatoms. The summed E-state index contributed by atoms with van der Waals surface area (Å²) >= 11 is 6.18. The van der Waals surface area contributed by atoms with Gasteiger partial charge >= 0.3 is 0 Å². The molecule has 0 bridgehead atoms. The highest BCUT2D eigenvalue weighted by Crippen LogP contribution is 2.35. The molecule has 3 rings (SSSR count). The van der Waals surface area contributed by atoms with Crippen LogP contribution in [0.5, 0.6) is 0 Å². The lowest BCUT2D eigenvalue weighted by Gasteiger charge is -1.98. The van der Waals surface area contributed by atoms with Crippen molar-refractivity contribution >= 4 is 28.2 Å². The molecule has 0 saturated heterocycles. The van der Waals surface area contributed by atoms with Gasteiger partial charge in [-0.1, -0.05) is 28.9 Å². The molecule has 1 aromatic carbocycles. The smallest absolute Gasteiger partial charge is 0.191 e. The molecule has 0 unspecified atom stereocenters. The number of aromatic nitrogens is 2. The van der Waals surface area contributed by atoms with E-state index in [-0.39, 0.29) is 0 Å². The summed E-state index contributed by atoms with van der Waals surface area (Å²) in [5, 5.41) is 5.40. The van der Waals surface area contributed by atoms with Crippen molar-refractivity contribution in [3.05, 3.63) is 35.6 Å². The molecule has 0 aliphatic carbocycles. The molecule has 0 saturated carbocycles. The number of benzene rings is 1. The summed E-state index contributed by atoms with van der Waals surface area (Å²) in [5.41, 5.74) is 8.20. The number of halogens is 1. The summed E-state index contributed by atoms with van der Waals surface area (Å²) in [6.07, 6.45) is 3.44. The fourth-order valence-corrected chi connectivity index (χ4v) is 2.36. The summed E-state index contributed by atoms with van der Waals surface area (Å²) < 4.78 is 7.13. The fourth-order valence-electron chi connectivity index (χ4n) is 2.05. The van der Waals surface area contributed by atoms with Crippen LogP contribution in [0.25, 0.3) is 22.2 Å². The Hall–Kier alpha value is -1.94. The van der Waals surface area contributed by atoms with Crippen molar-refractivity contribution in [2.45, 2.75) is 0 Å². The van der Waals surface area contributed by atoms with Crippen LogP contribution in [0.3, 0.4) is 0 Å². The molecular formula is C12H10ClN3O. The van der Waals surface area contributed by atoms with Crippen LogP contribution >= 0.6 is 11.6 Å². The second-order valence-electron chi connectivity index (χ2n) is 3.90.